The van der Waals surface area contributed by atoms with E-state index in [2.05, 4.69) is 5.32 Å². The van der Waals surface area contributed by atoms with Crippen LogP contribution >= 0.6 is 11.6 Å². The fourth-order valence-corrected chi connectivity index (χ4v) is 3.71. The lowest BCUT2D eigenvalue weighted by Crippen LogP contribution is -2.52. The summed E-state index contributed by atoms with van der Waals surface area (Å²) in [5, 5.41) is 3.62. The van der Waals surface area contributed by atoms with Gasteiger partial charge in [-0.1, -0.05) is 23.7 Å². The maximum atomic E-state index is 12.9. The van der Waals surface area contributed by atoms with Gasteiger partial charge in [-0.25, -0.2) is 0 Å². The van der Waals surface area contributed by atoms with Gasteiger partial charge in [0.15, 0.2) is 6.61 Å². The lowest BCUT2D eigenvalue weighted by atomic mass is 9.81. The minimum atomic E-state index is -0.632. The number of carbonyl (C=O) groups excluding carboxylic acids is 2. The van der Waals surface area contributed by atoms with Gasteiger partial charge in [0.1, 0.15) is 11.5 Å². The molecule has 0 saturated carbocycles. The average Bonchev–Trinajstić information content (AvgIpc) is 2.77. The fraction of sp³-hybridized carbons (Fsp3) is 0.391. The van der Waals surface area contributed by atoms with E-state index >= 15 is 0 Å². The van der Waals surface area contributed by atoms with Crippen LogP contribution in [0, 0.1) is 5.41 Å². The van der Waals surface area contributed by atoms with E-state index in [4.69, 9.17) is 21.1 Å². The van der Waals surface area contributed by atoms with Crippen LogP contribution in [-0.4, -0.2) is 43.5 Å². The zero-order valence-electron chi connectivity index (χ0n) is 17.3. The molecule has 0 bridgehead atoms. The van der Waals surface area contributed by atoms with Gasteiger partial charge in [-0.05, 0) is 61.7 Å². The first-order chi connectivity index (χ1) is 14.4. The summed E-state index contributed by atoms with van der Waals surface area (Å²) < 4.78 is 10.8. The second-order valence-corrected chi connectivity index (χ2v) is 8.19. The normalized spacial score (nSPS) is 18.6. The van der Waals surface area contributed by atoms with Crippen molar-refractivity contribution in [3.8, 4) is 11.5 Å². The number of benzene rings is 2. The van der Waals surface area contributed by atoms with Crippen molar-refractivity contribution in [2.75, 3.05) is 26.8 Å². The van der Waals surface area contributed by atoms with Crippen molar-refractivity contribution in [3.05, 3.63) is 59.1 Å². The van der Waals surface area contributed by atoms with E-state index in [1.54, 1.807) is 36.3 Å². The number of halogens is 1. The van der Waals surface area contributed by atoms with E-state index in [9.17, 15) is 9.59 Å². The Morgan fingerprint density at radius 2 is 1.93 bits per heavy atom. The molecule has 1 N–H and O–H groups in total. The first kappa shape index (κ1) is 22.0. The van der Waals surface area contributed by atoms with Crippen LogP contribution in [0.4, 0.5) is 0 Å². The second-order valence-electron chi connectivity index (χ2n) is 7.76. The first-order valence-corrected chi connectivity index (χ1v) is 10.3. The summed E-state index contributed by atoms with van der Waals surface area (Å²) in [5.41, 5.74) is 0.332. The van der Waals surface area contributed by atoms with Crippen LogP contribution in [0.3, 0.4) is 0 Å². The lowest BCUT2D eigenvalue weighted by Gasteiger charge is -2.39. The second kappa shape index (κ2) is 9.85. The third kappa shape index (κ3) is 5.66. The zero-order valence-corrected chi connectivity index (χ0v) is 18.1. The topological polar surface area (TPSA) is 67.9 Å². The molecule has 0 aliphatic carbocycles. The molecule has 30 heavy (non-hydrogen) atoms. The molecule has 1 heterocycles. The minimum Gasteiger partial charge on any atom is -0.497 e. The Balaban J connectivity index is 1.54. The third-order valence-electron chi connectivity index (χ3n) is 5.36. The largest absolute Gasteiger partial charge is 0.497 e. The Labute approximate surface area is 182 Å². The van der Waals surface area contributed by atoms with E-state index in [1.165, 1.54) is 0 Å². The Morgan fingerprint density at radius 1 is 1.17 bits per heavy atom. The molecule has 7 heteroatoms. The van der Waals surface area contributed by atoms with Gasteiger partial charge in [0, 0.05) is 24.7 Å². The number of nitrogens with one attached hydrogen (secondary N) is 1. The van der Waals surface area contributed by atoms with Gasteiger partial charge in [-0.3, -0.25) is 9.59 Å². The summed E-state index contributed by atoms with van der Waals surface area (Å²) in [6, 6.07) is 14.5. The number of rotatable bonds is 7. The first-order valence-electron chi connectivity index (χ1n) is 9.97. The lowest BCUT2D eigenvalue weighted by molar-refractivity contribution is -0.142. The maximum absolute atomic E-state index is 12.9. The van der Waals surface area contributed by atoms with E-state index in [0.717, 1.165) is 24.2 Å². The van der Waals surface area contributed by atoms with Crippen molar-refractivity contribution in [2.24, 2.45) is 5.41 Å². The van der Waals surface area contributed by atoms with Crippen molar-refractivity contribution in [1.82, 2.24) is 10.2 Å². The molecule has 3 rings (SSSR count). The van der Waals surface area contributed by atoms with Crippen LogP contribution in [0.5, 0.6) is 11.5 Å². The van der Waals surface area contributed by atoms with Gasteiger partial charge < -0.3 is 19.7 Å². The highest BCUT2D eigenvalue weighted by Gasteiger charge is 2.39. The standard InChI is InChI=1S/C23H27ClN2O4/c1-23(22(28)25-14-17-5-3-6-20(13-17)29-2)11-4-12-26(16-23)21(27)15-30-19-9-7-18(24)8-10-19/h3,5-10,13H,4,11-12,14-16H2,1-2H3,(H,25,28)/t23-/m0/s1. The number of hydrogen-bond donors (Lipinski definition) is 1. The van der Waals surface area contributed by atoms with Gasteiger partial charge >= 0.3 is 0 Å². The molecule has 2 amide bonds. The quantitative estimate of drug-likeness (QED) is 0.727. The molecule has 1 atom stereocenters. The molecule has 0 aromatic heterocycles. The van der Waals surface area contributed by atoms with Crippen LogP contribution in [0.15, 0.2) is 48.5 Å². The summed E-state index contributed by atoms with van der Waals surface area (Å²) in [5.74, 6) is 1.16. The average molecular weight is 431 g/mol. The Bertz CT molecular complexity index is 887. The summed E-state index contributed by atoms with van der Waals surface area (Å²) in [4.78, 5) is 27.2. The van der Waals surface area contributed by atoms with Gasteiger partial charge in [-0.15, -0.1) is 0 Å². The molecule has 6 nitrogen and oxygen atoms in total. The molecular weight excluding hydrogens is 404 g/mol. The number of likely N-dealkylation sites (tertiary alicyclic amines) is 1. The van der Waals surface area contributed by atoms with E-state index in [1.807, 2.05) is 31.2 Å². The Hall–Kier alpha value is -2.73. The number of carbonyl (C=O) groups is 2. The van der Waals surface area contributed by atoms with Crippen molar-refractivity contribution in [1.29, 1.82) is 0 Å². The molecular formula is C23H27ClN2O4. The van der Waals surface area contributed by atoms with Crippen molar-refractivity contribution in [3.63, 3.8) is 0 Å². The van der Waals surface area contributed by atoms with Gasteiger partial charge in [-0.2, -0.15) is 0 Å². The predicted molar refractivity (Wildman–Crippen MR) is 116 cm³/mol. The Morgan fingerprint density at radius 3 is 2.67 bits per heavy atom. The number of amides is 2. The number of ether oxygens (including phenoxy) is 2. The monoisotopic (exact) mass is 430 g/mol. The summed E-state index contributed by atoms with van der Waals surface area (Å²) in [6.07, 6.45) is 1.51. The van der Waals surface area contributed by atoms with E-state index in [0.29, 0.717) is 30.4 Å². The molecule has 1 fully saturated rings. The number of hydrogen-bond acceptors (Lipinski definition) is 4. The van der Waals surface area contributed by atoms with Gasteiger partial charge in [0.25, 0.3) is 5.91 Å². The highest BCUT2D eigenvalue weighted by molar-refractivity contribution is 6.30. The molecule has 0 unspecified atom stereocenters. The molecule has 160 valence electrons. The Kier molecular flexibility index (Phi) is 7.21. The van der Waals surface area contributed by atoms with Gasteiger partial charge in [0.2, 0.25) is 5.91 Å². The van der Waals surface area contributed by atoms with Crippen molar-refractivity contribution in [2.45, 2.75) is 26.3 Å². The van der Waals surface area contributed by atoms with Crippen LogP contribution in [0.25, 0.3) is 0 Å². The summed E-state index contributed by atoms with van der Waals surface area (Å²) in [7, 11) is 1.61. The molecule has 2 aromatic rings. The molecule has 1 aliphatic rings. The van der Waals surface area contributed by atoms with Crippen LogP contribution in [0.1, 0.15) is 25.3 Å². The number of piperidine rings is 1. The highest BCUT2D eigenvalue weighted by Crippen LogP contribution is 2.30. The SMILES string of the molecule is COc1cccc(CNC(=O)[C@@]2(C)CCCN(C(=O)COc3ccc(Cl)cc3)C2)c1. The van der Waals surface area contributed by atoms with Crippen molar-refractivity contribution < 1.29 is 19.1 Å². The molecule has 1 aliphatic heterocycles. The van der Waals surface area contributed by atoms with E-state index in [-0.39, 0.29) is 18.4 Å². The minimum absolute atomic E-state index is 0.0542. The highest BCUT2D eigenvalue weighted by atomic mass is 35.5. The van der Waals surface area contributed by atoms with Gasteiger partial charge in [0.05, 0.1) is 12.5 Å². The number of methoxy groups -OCH3 is 1. The zero-order chi connectivity index (χ0) is 21.6. The molecule has 1 saturated heterocycles. The molecule has 2 aromatic carbocycles. The maximum Gasteiger partial charge on any atom is 0.260 e. The molecule has 0 radical (unpaired) electrons. The van der Waals surface area contributed by atoms with Crippen molar-refractivity contribution >= 4 is 23.4 Å². The third-order valence-corrected chi connectivity index (χ3v) is 5.61. The predicted octanol–water partition coefficient (Wildman–Crippen LogP) is 3.67. The van der Waals surface area contributed by atoms with E-state index < -0.39 is 5.41 Å². The van der Waals surface area contributed by atoms with Crippen LogP contribution < -0.4 is 14.8 Å². The number of nitrogens with zero attached hydrogens (tertiary/aromatic N) is 1. The van der Waals surface area contributed by atoms with Crippen LogP contribution in [-0.2, 0) is 16.1 Å². The fourth-order valence-electron chi connectivity index (χ4n) is 3.58. The summed E-state index contributed by atoms with van der Waals surface area (Å²) >= 11 is 5.86. The smallest absolute Gasteiger partial charge is 0.260 e. The summed E-state index contributed by atoms with van der Waals surface area (Å²) in [6.45, 7) is 3.26. The van der Waals surface area contributed by atoms with Crippen LogP contribution in [0.2, 0.25) is 5.02 Å². The molecule has 0 spiro atoms.